The number of hydrogen-bond donors (Lipinski definition) is 1. The van der Waals surface area contributed by atoms with Gasteiger partial charge in [-0.25, -0.2) is 8.78 Å². The topological polar surface area (TPSA) is 40.5 Å². The van der Waals surface area contributed by atoms with Crippen LogP contribution in [0.1, 0.15) is 25.7 Å². The van der Waals surface area contributed by atoms with E-state index in [9.17, 15) is 13.6 Å². The maximum absolute atomic E-state index is 12.8. The van der Waals surface area contributed by atoms with Gasteiger partial charge < -0.3 is 10.0 Å². The van der Waals surface area contributed by atoms with Crippen LogP contribution in [0, 0.1) is 5.92 Å². The molecule has 1 saturated carbocycles. The standard InChI is InChI=1S/C10H15F2NO2/c11-10(12)3-1-7(2-4-10)9(15)13-5-8(14)6-13/h7-8,14H,1-6H2. The molecule has 15 heavy (non-hydrogen) atoms. The van der Waals surface area contributed by atoms with Gasteiger partial charge >= 0.3 is 0 Å². The Morgan fingerprint density at radius 3 is 2.27 bits per heavy atom. The number of β-amino-alcohol motifs (C(OH)–C–C–N with tert-alkyl or cyclic N) is 1. The summed E-state index contributed by atoms with van der Waals surface area (Å²) in [6.45, 7) is 0.734. The molecule has 1 aliphatic heterocycles. The molecule has 0 aromatic carbocycles. The van der Waals surface area contributed by atoms with Crippen LogP contribution in [-0.2, 0) is 4.79 Å². The minimum Gasteiger partial charge on any atom is -0.389 e. The number of likely N-dealkylation sites (tertiary alicyclic amines) is 1. The van der Waals surface area contributed by atoms with Crippen LogP contribution in [0.2, 0.25) is 0 Å². The highest BCUT2D eigenvalue weighted by molar-refractivity contribution is 5.79. The highest BCUT2D eigenvalue weighted by atomic mass is 19.3. The number of carbonyl (C=O) groups excluding carboxylic acids is 1. The average molecular weight is 219 g/mol. The number of aliphatic hydroxyl groups excluding tert-OH is 1. The van der Waals surface area contributed by atoms with Crippen LogP contribution in [0.25, 0.3) is 0 Å². The van der Waals surface area contributed by atoms with E-state index in [-0.39, 0.29) is 37.5 Å². The van der Waals surface area contributed by atoms with Gasteiger partial charge in [-0.15, -0.1) is 0 Å². The van der Waals surface area contributed by atoms with Crippen molar-refractivity contribution in [2.75, 3.05) is 13.1 Å². The van der Waals surface area contributed by atoms with Crippen molar-refractivity contribution in [2.24, 2.45) is 5.92 Å². The molecule has 0 aromatic heterocycles. The third kappa shape index (κ3) is 2.27. The second-order valence-corrected chi connectivity index (χ2v) is 4.53. The Balaban J connectivity index is 1.83. The summed E-state index contributed by atoms with van der Waals surface area (Å²) in [7, 11) is 0. The number of alkyl halides is 2. The number of aliphatic hydroxyl groups is 1. The third-order valence-corrected chi connectivity index (χ3v) is 3.24. The second-order valence-electron chi connectivity index (χ2n) is 4.53. The molecule has 0 bridgehead atoms. The Morgan fingerprint density at radius 1 is 1.27 bits per heavy atom. The van der Waals surface area contributed by atoms with Gasteiger partial charge in [0, 0.05) is 31.8 Å². The SMILES string of the molecule is O=C(C1CCC(F)(F)CC1)N1CC(O)C1. The normalized spacial score (nSPS) is 27.5. The molecule has 2 fully saturated rings. The van der Waals surface area contributed by atoms with E-state index < -0.39 is 12.0 Å². The summed E-state index contributed by atoms with van der Waals surface area (Å²) in [5.74, 6) is -2.89. The third-order valence-electron chi connectivity index (χ3n) is 3.24. The molecular formula is C10H15F2NO2. The van der Waals surface area contributed by atoms with Crippen molar-refractivity contribution in [3.05, 3.63) is 0 Å². The van der Waals surface area contributed by atoms with Crippen molar-refractivity contribution in [3.8, 4) is 0 Å². The lowest BCUT2D eigenvalue weighted by Gasteiger charge is -2.39. The summed E-state index contributed by atoms with van der Waals surface area (Å²) >= 11 is 0. The van der Waals surface area contributed by atoms with Gasteiger partial charge in [-0.3, -0.25) is 4.79 Å². The summed E-state index contributed by atoms with van der Waals surface area (Å²) in [5, 5.41) is 9.03. The zero-order valence-electron chi connectivity index (χ0n) is 8.46. The zero-order chi connectivity index (χ0) is 11.1. The Morgan fingerprint density at radius 2 is 1.80 bits per heavy atom. The van der Waals surface area contributed by atoms with E-state index in [1.807, 2.05) is 0 Å². The molecule has 3 nitrogen and oxygen atoms in total. The molecule has 1 aliphatic carbocycles. The van der Waals surface area contributed by atoms with Crippen molar-refractivity contribution in [3.63, 3.8) is 0 Å². The minimum absolute atomic E-state index is 0.0594. The number of amides is 1. The molecule has 5 heteroatoms. The van der Waals surface area contributed by atoms with E-state index >= 15 is 0 Å². The molecule has 0 unspecified atom stereocenters. The fourth-order valence-electron chi connectivity index (χ4n) is 2.18. The van der Waals surface area contributed by atoms with Crippen molar-refractivity contribution < 1.29 is 18.7 Å². The van der Waals surface area contributed by atoms with Gasteiger partial charge in [0.25, 0.3) is 0 Å². The van der Waals surface area contributed by atoms with Crippen LogP contribution < -0.4 is 0 Å². The summed E-state index contributed by atoms with van der Waals surface area (Å²) in [6.07, 6.45) is -0.227. The van der Waals surface area contributed by atoms with Gasteiger partial charge in [0.15, 0.2) is 0 Å². The Kier molecular flexibility index (Phi) is 2.66. The molecule has 0 spiro atoms. The molecule has 0 aromatic rings. The van der Waals surface area contributed by atoms with Gasteiger partial charge in [-0.05, 0) is 12.8 Å². The van der Waals surface area contributed by atoms with E-state index in [4.69, 9.17) is 5.11 Å². The largest absolute Gasteiger partial charge is 0.389 e. The van der Waals surface area contributed by atoms with Crippen molar-refractivity contribution in [1.82, 2.24) is 4.90 Å². The zero-order valence-corrected chi connectivity index (χ0v) is 8.46. The first-order valence-corrected chi connectivity index (χ1v) is 5.33. The van der Waals surface area contributed by atoms with Crippen LogP contribution in [-0.4, -0.2) is 41.0 Å². The van der Waals surface area contributed by atoms with Crippen LogP contribution in [0.3, 0.4) is 0 Å². The number of nitrogens with zero attached hydrogens (tertiary/aromatic N) is 1. The number of halogens is 2. The molecule has 2 aliphatic rings. The first-order chi connectivity index (χ1) is 6.98. The molecule has 86 valence electrons. The number of rotatable bonds is 1. The molecule has 1 saturated heterocycles. The van der Waals surface area contributed by atoms with E-state index in [1.54, 1.807) is 4.90 Å². The fraction of sp³-hybridized carbons (Fsp3) is 0.900. The van der Waals surface area contributed by atoms with Gasteiger partial charge in [-0.1, -0.05) is 0 Å². The molecule has 1 N–H and O–H groups in total. The first kappa shape index (κ1) is 10.8. The highest BCUT2D eigenvalue weighted by Crippen LogP contribution is 2.37. The van der Waals surface area contributed by atoms with E-state index in [0.29, 0.717) is 13.1 Å². The maximum Gasteiger partial charge on any atom is 0.248 e. The highest BCUT2D eigenvalue weighted by Gasteiger charge is 2.40. The predicted octanol–water partition coefficient (Wildman–Crippen LogP) is 1.02. The average Bonchev–Trinajstić information content (AvgIpc) is 2.12. The van der Waals surface area contributed by atoms with Crippen LogP contribution in [0.5, 0.6) is 0 Å². The Hall–Kier alpha value is -0.710. The Labute approximate surface area is 87.1 Å². The number of hydrogen-bond acceptors (Lipinski definition) is 2. The second kappa shape index (κ2) is 3.70. The summed E-state index contributed by atoms with van der Waals surface area (Å²) < 4.78 is 25.7. The fourth-order valence-corrected chi connectivity index (χ4v) is 2.18. The first-order valence-electron chi connectivity index (χ1n) is 5.33. The Bertz CT molecular complexity index is 254. The van der Waals surface area contributed by atoms with Crippen LogP contribution >= 0.6 is 0 Å². The van der Waals surface area contributed by atoms with E-state index in [0.717, 1.165) is 0 Å². The van der Waals surface area contributed by atoms with E-state index in [1.165, 1.54) is 0 Å². The lowest BCUT2D eigenvalue weighted by molar-refractivity contribution is -0.149. The quantitative estimate of drug-likeness (QED) is 0.715. The summed E-state index contributed by atoms with van der Waals surface area (Å²) in [4.78, 5) is 13.3. The maximum atomic E-state index is 12.8. The van der Waals surface area contributed by atoms with Crippen LogP contribution in [0.15, 0.2) is 0 Å². The molecular weight excluding hydrogens is 204 g/mol. The monoisotopic (exact) mass is 219 g/mol. The van der Waals surface area contributed by atoms with Gasteiger partial charge in [0.2, 0.25) is 11.8 Å². The smallest absolute Gasteiger partial charge is 0.248 e. The molecule has 2 rings (SSSR count). The molecule has 0 radical (unpaired) electrons. The summed E-state index contributed by atoms with van der Waals surface area (Å²) in [6, 6.07) is 0. The molecule has 1 amide bonds. The molecule has 0 atom stereocenters. The van der Waals surface area contributed by atoms with Crippen molar-refractivity contribution in [1.29, 1.82) is 0 Å². The minimum atomic E-state index is -2.58. The predicted molar refractivity (Wildman–Crippen MR) is 49.5 cm³/mol. The molecule has 1 heterocycles. The van der Waals surface area contributed by atoms with Crippen LogP contribution in [0.4, 0.5) is 8.78 Å². The van der Waals surface area contributed by atoms with Gasteiger partial charge in [0.1, 0.15) is 0 Å². The van der Waals surface area contributed by atoms with Gasteiger partial charge in [-0.2, -0.15) is 0 Å². The van der Waals surface area contributed by atoms with E-state index in [2.05, 4.69) is 0 Å². The summed E-state index contributed by atoms with van der Waals surface area (Å²) in [5.41, 5.74) is 0. The van der Waals surface area contributed by atoms with Crippen molar-refractivity contribution in [2.45, 2.75) is 37.7 Å². The number of carbonyl (C=O) groups is 1. The van der Waals surface area contributed by atoms with Gasteiger partial charge in [0.05, 0.1) is 6.10 Å². The lowest BCUT2D eigenvalue weighted by Crippen LogP contribution is -2.55. The van der Waals surface area contributed by atoms with Crippen molar-refractivity contribution >= 4 is 5.91 Å². The lowest BCUT2D eigenvalue weighted by atomic mass is 9.85.